The van der Waals surface area contributed by atoms with E-state index >= 15 is 0 Å². The van der Waals surface area contributed by atoms with Crippen molar-refractivity contribution in [3.05, 3.63) is 18.2 Å². The van der Waals surface area contributed by atoms with Gasteiger partial charge in [-0.15, -0.1) is 0 Å². The Balaban J connectivity index is 2.93. The van der Waals surface area contributed by atoms with Crippen molar-refractivity contribution in [3.63, 3.8) is 0 Å². The third-order valence-electron chi connectivity index (χ3n) is 0.729. The maximum absolute atomic E-state index is 8.57. The fraction of sp³-hybridized carbons (Fsp3) is 0. The highest BCUT2D eigenvalue weighted by atomic mass is 32.1. The van der Waals surface area contributed by atoms with Crippen LogP contribution >= 0.6 is 12.2 Å². The molecule has 3 nitrogen and oxygen atoms in total. The van der Waals surface area contributed by atoms with Gasteiger partial charge in [-0.2, -0.15) is 0 Å². The molecule has 0 fully saturated rings. The summed E-state index contributed by atoms with van der Waals surface area (Å²) in [6, 6.07) is 0. The lowest BCUT2D eigenvalue weighted by atomic mass is 10.5. The van der Waals surface area contributed by atoms with Gasteiger partial charge in [-0.25, -0.2) is 4.98 Å². The first kappa shape index (κ1) is 5.24. The Kier molecular flexibility index (Phi) is 1.26. The summed E-state index contributed by atoms with van der Waals surface area (Å²) in [7, 11) is 0. The lowest BCUT2D eigenvalue weighted by molar-refractivity contribution is 0.569. The number of aromatic nitrogens is 2. The highest BCUT2D eigenvalue weighted by molar-refractivity contribution is 7.80. The van der Waals surface area contributed by atoms with E-state index in [2.05, 4.69) is 22.2 Å². The molecule has 0 spiro atoms. The van der Waals surface area contributed by atoms with Gasteiger partial charge in [0.15, 0.2) is 0 Å². The van der Waals surface area contributed by atoms with Crippen LogP contribution in [0.2, 0.25) is 0 Å². The minimum atomic E-state index is -0.150. The number of aromatic amines is 1. The second-order valence-electron chi connectivity index (χ2n) is 1.27. The summed E-state index contributed by atoms with van der Waals surface area (Å²) in [6.45, 7) is 0. The molecule has 0 amide bonds. The van der Waals surface area contributed by atoms with Crippen LogP contribution in [-0.2, 0) is 0 Å². The third kappa shape index (κ3) is 0.840. The summed E-state index contributed by atoms with van der Waals surface area (Å²) in [5, 5.41) is 8.42. The summed E-state index contributed by atoms with van der Waals surface area (Å²) < 4.78 is 0. The molecular weight excluding hydrogens is 124 g/mol. The summed E-state index contributed by atoms with van der Waals surface area (Å²) >= 11 is 4.40. The van der Waals surface area contributed by atoms with Crippen LogP contribution in [0.3, 0.4) is 0 Å². The Labute approximate surface area is 51.4 Å². The van der Waals surface area contributed by atoms with Crippen LogP contribution in [0.1, 0.15) is 5.69 Å². The molecule has 0 aliphatic heterocycles. The van der Waals surface area contributed by atoms with Crippen molar-refractivity contribution in [1.29, 1.82) is 0 Å². The van der Waals surface area contributed by atoms with Crippen molar-refractivity contribution in [2.45, 2.75) is 0 Å². The number of aliphatic hydroxyl groups excluding tert-OH is 1. The van der Waals surface area contributed by atoms with Gasteiger partial charge in [0.05, 0.1) is 12.5 Å². The Bertz CT molecular complexity index is 182. The molecule has 0 unspecified atom stereocenters. The van der Waals surface area contributed by atoms with Crippen LogP contribution in [0.4, 0.5) is 0 Å². The van der Waals surface area contributed by atoms with Gasteiger partial charge >= 0.3 is 0 Å². The van der Waals surface area contributed by atoms with E-state index in [4.69, 9.17) is 5.11 Å². The number of nitrogens with one attached hydrogen (secondary N) is 1. The molecule has 0 aliphatic rings. The first-order valence-electron chi connectivity index (χ1n) is 2.02. The quantitative estimate of drug-likeness (QED) is 0.546. The molecule has 4 heteroatoms. The standard InChI is InChI=1S/C4H4N2OS/c7-4(8)3-1-5-2-6-3/h1-2H,(H,5,6)(H,7,8). The van der Waals surface area contributed by atoms with Crippen molar-refractivity contribution in [3.8, 4) is 0 Å². The van der Waals surface area contributed by atoms with Crippen molar-refractivity contribution >= 4 is 17.3 Å². The molecule has 0 saturated heterocycles. The Hall–Kier alpha value is -0.900. The number of H-pyrrole nitrogens is 1. The predicted octanol–water partition coefficient (Wildman–Crippen LogP) is 0.643. The Morgan fingerprint density at radius 1 is 1.88 bits per heavy atom. The maximum atomic E-state index is 8.57. The fourth-order valence-electron chi connectivity index (χ4n) is 0.373. The first-order chi connectivity index (χ1) is 3.80. The SMILES string of the molecule is OC(=S)c1cnc[nH]1. The van der Waals surface area contributed by atoms with Crippen molar-refractivity contribution < 1.29 is 5.11 Å². The van der Waals surface area contributed by atoms with Crippen LogP contribution in [0.25, 0.3) is 0 Å². The number of rotatable bonds is 1. The number of hydrogen-bond donors (Lipinski definition) is 2. The number of aliphatic hydroxyl groups is 1. The van der Waals surface area contributed by atoms with E-state index in [0.29, 0.717) is 5.69 Å². The van der Waals surface area contributed by atoms with E-state index in [1.165, 1.54) is 12.5 Å². The predicted molar refractivity (Wildman–Crippen MR) is 32.9 cm³/mol. The van der Waals surface area contributed by atoms with E-state index in [1.807, 2.05) is 0 Å². The number of nitrogens with zero attached hydrogens (tertiary/aromatic N) is 1. The van der Waals surface area contributed by atoms with Crippen molar-refractivity contribution in [1.82, 2.24) is 9.97 Å². The molecule has 0 aliphatic carbocycles. The summed E-state index contributed by atoms with van der Waals surface area (Å²) in [5.74, 6) is 0. The van der Waals surface area contributed by atoms with Crippen molar-refractivity contribution in [2.24, 2.45) is 0 Å². The van der Waals surface area contributed by atoms with Gasteiger partial charge in [0.25, 0.3) is 0 Å². The average molecular weight is 128 g/mol. The monoisotopic (exact) mass is 128 g/mol. The van der Waals surface area contributed by atoms with Gasteiger partial charge in [-0.3, -0.25) is 0 Å². The van der Waals surface area contributed by atoms with Gasteiger partial charge in [0, 0.05) is 0 Å². The van der Waals surface area contributed by atoms with Gasteiger partial charge in [0.2, 0.25) is 5.05 Å². The molecule has 0 radical (unpaired) electrons. The molecule has 8 heavy (non-hydrogen) atoms. The summed E-state index contributed by atoms with van der Waals surface area (Å²) in [6.07, 6.45) is 2.92. The van der Waals surface area contributed by atoms with Gasteiger partial charge < -0.3 is 10.1 Å². The molecule has 0 bridgehead atoms. The summed E-state index contributed by atoms with van der Waals surface area (Å²) in [5.41, 5.74) is 0.486. The van der Waals surface area contributed by atoms with Crippen LogP contribution in [0, 0.1) is 0 Å². The number of imidazole rings is 1. The molecular formula is C4H4N2OS. The zero-order chi connectivity index (χ0) is 5.98. The van der Waals surface area contributed by atoms with Gasteiger partial charge in [-0.1, -0.05) is 0 Å². The van der Waals surface area contributed by atoms with Crippen LogP contribution in [0.5, 0.6) is 0 Å². The lowest BCUT2D eigenvalue weighted by Gasteiger charge is -1.83. The smallest absolute Gasteiger partial charge is 0.207 e. The molecule has 0 aromatic carbocycles. The fourth-order valence-corrected chi connectivity index (χ4v) is 0.484. The highest BCUT2D eigenvalue weighted by Crippen LogP contribution is 1.89. The Morgan fingerprint density at radius 2 is 2.62 bits per heavy atom. The average Bonchev–Trinajstić information content (AvgIpc) is 2.12. The molecule has 1 aromatic rings. The summed E-state index contributed by atoms with van der Waals surface area (Å²) in [4.78, 5) is 6.27. The first-order valence-corrected chi connectivity index (χ1v) is 2.43. The molecule has 0 saturated carbocycles. The molecule has 1 rings (SSSR count). The molecule has 1 aromatic heterocycles. The van der Waals surface area contributed by atoms with Gasteiger partial charge in [-0.05, 0) is 12.2 Å². The lowest BCUT2D eigenvalue weighted by Crippen LogP contribution is -1.92. The number of hydrogen-bond acceptors (Lipinski definition) is 2. The van der Waals surface area contributed by atoms with Crippen LogP contribution in [0.15, 0.2) is 12.5 Å². The van der Waals surface area contributed by atoms with Gasteiger partial charge in [0.1, 0.15) is 5.69 Å². The van der Waals surface area contributed by atoms with Crippen LogP contribution < -0.4 is 0 Å². The molecule has 2 N–H and O–H groups in total. The van der Waals surface area contributed by atoms with E-state index in [-0.39, 0.29) is 5.05 Å². The zero-order valence-corrected chi connectivity index (χ0v) is 4.77. The van der Waals surface area contributed by atoms with E-state index < -0.39 is 0 Å². The maximum Gasteiger partial charge on any atom is 0.207 e. The molecule has 0 atom stereocenters. The van der Waals surface area contributed by atoms with Crippen LogP contribution in [-0.4, -0.2) is 20.1 Å². The minimum Gasteiger partial charge on any atom is -0.497 e. The normalized spacial score (nSPS) is 9.00. The van der Waals surface area contributed by atoms with E-state index in [1.54, 1.807) is 0 Å². The largest absolute Gasteiger partial charge is 0.497 e. The van der Waals surface area contributed by atoms with E-state index in [9.17, 15) is 0 Å². The minimum absolute atomic E-state index is 0.150. The van der Waals surface area contributed by atoms with E-state index in [0.717, 1.165) is 0 Å². The highest BCUT2D eigenvalue weighted by Gasteiger charge is 1.94. The molecule has 1 heterocycles. The second-order valence-corrected chi connectivity index (χ2v) is 1.66. The topological polar surface area (TPSA) is 48.9 Å². The second kappa shape index (κ2) is 1.92. The molecule has 42 valence electrons. The Morgan fingerprint density at radius 3 is 2.88 bits per heavy atom. The zero-order valence-electron chi connectivity index (χ0n) is 3.96. The number of thiocarbonyl (C=S) groups is 1. The third-order valence-corrected chi connectivity index (χ3v) is 0.949. The van der Waals surface area contributed by atoms with Crippen molar-refractivity contribution in [2.75, 3.05) is 0 Å².